The zero-order valence-electron chi connectivity index (χ0n) is 15.6. The summed E-state index contributed by atoms with van der Waals surface area (Å²) in [6.45, 7) is 0. The lowest BCUT2D eigenvalue weighted by atomic mass is 10.1. The molecule has 1 amide bonds. The molecular weight excluding hydrogens is 539 g/mol. The van der Waals surface area contributed by atoms with Crippen LogP contribution < -0.4 is 39.7 Å². The van der Waals surface area contributed by atoms with Crippen molar-refractivity contribution in [1.29, 1.82) is 5.26 Å². The zero-order valence-corrected chi connectivity index (χ0v) is 18.6. The van der Waals surface area contributed by atoms with Crippen LogP contribution in [-0.2, 0) is 21.2 Å². The first kappa shape index (κ1) is 24.4. The van der Waals surface area contributed by atoms with Crippen molar-refractivity contribution in [2.75, 3.05) is 5.32 Å². The third kappa shape index (κ3) is 5.85. The Morgan fingerprint density at radius 1 is 1.26 bits per heavy atom. The molecule has 0 spiro atoms. The first-order valence-corrected chi connectivity index (χ1v) is 9.95. The normalized spacial score (nSPS) is 10.9. The Hall–Kier alpha value is -2.87. The van der Waals surface area contributed by atoms with Crippen molar-refractivity contribution in [2.24, 2.45) is 5.14 Å². The van der Waals surface area contributed by atoms with Crippen LogP contribution in [0, 0.1) is 21.7 Å². The van der Waals surface area contributed by atoms with Crippen molar-refractivity contribution in [3.63, 3.8) is 0 Å². The van der Waals surface area contributed by atoms with Crippen molar-refractivity contribution in [2.45, 2.75) is 11.3 Å². The summed E-state index contributed by atoms with van der Waals surface area (Å²) in [7, 11) is -4.20. The number of sulfonamides is 1. The van der Waals surface area contributed by atoms with E-state index in [1.807, 2.05) is 6.07 Å². The van der Waals surface area contributed by atoms with Gasteiger partial charge in [0.25, 0.3) is 0 Å². The van der Waals surface area contributed by atoms with Crippen LogP contribution in [0.3, 0.4) is 0 Å². The Balaban J connectivity index is 0.00000341. The Kier molecular flexibility index (Phi) is 7.84. The number of carbonyl (C=O) groups excluding carboxylic acids is 1. The van der Waals surface area contributed by atoms with Gasteiger partial charge in [-0.3, -0.25) is 4.79 Å². The number of halogens is 1. The summed E-state index contributed by atoms with van der Waals surface area (Å²) in [5, 5.41) is 41.6. The highest BCUT2D eigenvalue weighted by Crippen LogP contribution is 2.23. The fourth-order valence-electron chi connectivity index (χ4n) is 2.77. The largest absolute Gasteiger partial charge is 1.00 e. The number of nitrogens with one attached hydrogen (secondary N) is 2. The highest BCUT2D eigenvalue weighted by Gasteiger charge is 2.18. The van der Waals surface area contributed by atoms with Gasteiger partial charge >= 0.3 is 0 Å². The summed E-state index contributed by atoms with van der Waals surface area (Å²) in [4.78, 5) is 12.0. The third-order valence-electron chi connectivity index (χ3n) is 4.10. The van der Waals surface area contributed by atoms with Crippen molar-refractivity contribution in [1.82, 2.24) is 9.78 Å². The number of nitriles is 1. The van der Waals surface area contributed by atoms with Crippen LogP contribution in [0.1, 0.15) is 11.1 Å². The molecule has 0 saturated carbocycles. The van der Waals surface area contributed by atoms with Gasteiger partial charge in [-0.1, -0.05) is 18.2 Å². The molecule has 0 radical (unpaired) electrons. The molecule has 0 aliphatic heterocycles. The average molecular weight is 554 g/mol. The van der Waals surface area contributed by atoms with E-state index >= 15 is 0 Å². The number of hydrogen-bond donors (Lipinski definition) is 3. The standard InChI is InChI=1S/C18H15N6O5S.HI/c19-9-12-10-21-23(11-12)16-6-5-14(8-17(16)30(20,28)29)22-18(25)7-13-3-1-2-4-15(13)24(26)27;/h1-6,8,10-11,24H,7H2,(H,22,25)(H2,20,28,29);1H/q-1;/p-1. The quantitative estimate of drug-likeness (QED) is 0.216. The molecule has 13 heteroatoms. The number of hydrogen-bond acceptors (Lipinski definition) is 7. The van der Waals surface area contributed by atoms with Gasteiger partial charge < -0.3 is 44.9 Å². The van der Waals surface area contributed by atoms with Gasteiger partial charge in [0.2, 0.25) is 15.9 Å². The second-order valence-corrected chi connectivity index (χ2v) is 7.71. The molecule has 31 heavy (non-hydrogen) atoms. The van der Waals surface area contributed by atoms with Gasteiger partial charge in [-0.05, 0) is 24.3 Å². The monoisotopic (exact) mass is 554 g/mol. The number of nitrogens with two attached hydrogens (primary N) is 1. The second-order valence-electron chi connectivity index (χ2n) is 6.18. The predicted octanol–water partition coefficient (Wildman–Crippen LogP) is -2.91. The average Bonchev–Trinajstić information content (AvgIpc) is 3.16. The van der Waals surface area contributed by atoms with Crippen LogP contribution in [0.15, 0.2) is 59.8 Å². The summed E-state index contributed by atoms with van der Waals surface area (Å²) < 4.78 is 25.3. The molecule has 0 unspecified atom stereocenters. The summed E-state index contributed by atoms with van der Waals surface area (Å²) in [5.74, 6) is -0.567. The number of rotatable bonds is 6. The minimum absolute atomic E-state index is 0. The van der Waals surface area contributed by atoms with E-state index in [-0.39, 0.29) is 63.5 Å². The SMILES string of the molecule is N#Cc1cnn(-c2ccc(NC(=O)Cc3ccccc3[NH+]([O-])[O-])cc2S(N)(=O)=O)c1.[I-]. The lowest BCUT2D eigenvalue weighted by Crippen LogP contribution is -3.00. The summed E-state index contributed by atoms with van der Waals surface area (Å²) in [6, 6.07) is 11.7. The van der Waals surface area contributed by atoms with Crippen LogP contribution in [-0.4, -0.2) is 24.1 Å². The predicted molar refractivity (Wildman–Crippen MR) is 106 cm³/mol. The van der Waals surface area contributed by atoms with Crippen LogP contribution in [0.2, 0.25) is 0 Å². The highest BCUT2D eigenvalue weighted by molar-refractivity contribution is 7.89. The van der Waals surface area contributed by atoms with Crippen LogP contribution in [0.25, 0.3) is 5.69 Å². The van der Waals surface area contributed by atoms with E-state index < -0.39 is 21.2 Å². The van der Waals surface area contributed by atoms with Gasteiger partial charge in [0.05, 0.1) is 23.9 Å². The maximum absolute atomic E-state index is 12.4. The van der Waals surface area contributed by atoms with Gasteiger partial charge in [-0.25, -0.2) is 18.2 Å². The Labute approximate surface area is 194 Å². The second kappa shape index (κ2) is 9.96. The number of carbonyl (C=O) groups is 1. The molecule has 3 rings (SSSR count). The number of quaternary nitrogens is 1. The zero-order chi connectivity index (χ0) is 21.9. The van der Waals surface area contributed by atoms with E-state index in [0.29, 0.717) is 0 Å². The van der Waals surface area contributed by atoms with E-state index in [1.165, 1.54) is 47.4 Å². The first-order valence-electron chi connectivity index (χ1n) is 8.40. The maximum atomic E-state index is 12.4. The molecule has 0 bridgehead atoms. The first-order chi connectivity index (χ1) is 14.2. The number of amides is 1. The smallest absolute Gasteiger partial charge is 0.240 e. The molecule has 4 N–H and O–H groups in total. The van der Waals surface area contributed by atoms with Gasteiger partial charge in [0, 0.05) is 17.4 Å². The van der Waals surface area contributed by atoms with Gasteiger partial charge in [-0.15, -0.1) is 0 Å². The molecule has 11 nitrogen and oxygen atoms in total. The molecule has 0 saturated heterocycles. The van der Waals surface area contributed by atoms with Crippen LogP contribution in [0.4, 0.5) is 11.4 Å². The molecule has 0 atom stereocenters. The lowest BCUT2D eigenvalue weighted by molar-refractivity contribution is -0.715. The van der Waals surface area contributed by atoms with Crippen molar-refractivity contribution in [3.05, 3.63) is 76.4 Å². The van der Waals surface area contributed by atoms with Gasteiger partial charge in [0.1, 0.15) is 16.7 Å². The summed E-state index contributed by atoms with van der Waals surface area (Å²) in [6.07, 6.45) is 2.33. The summed E-state index contributed by atoms with van der Waals surface area (Å²) in [5.41, 5.74) is 0.587. The Morgan fingerprint density at radius 3 is 2.58 bits per heavy atom. The Morgan fingerprint density at radius 2 is 1.97 bits per heavy atom. The molecule has 1 aromatic heterocycles. The van der Waals surface area contributed by atoms with E-state index in [2.05, 4.69) is 10.4 Å². The minimum Gasteiger partial charge on any atom is -1.00 e. The topological polar surface area (TPSA) is 181 Å². The van der Waals surface area contributed by atoms with Crippen molar-refractivity contribution >= 4 is 27.3 Å². The molecule has 3 aromatic rings. The van der Waals surface area contributed by atoms with Crippen LogP contribution >= 0.6 is 0 Å². The molecule has 0 aliphatic rings. The highest BCUT2D eigenvalue weighted by atomic mass is 127. The fourth-order valence-corrected chi connectivity index (χ4v) is 3.52. The number of nitrogens with zero attached hydrogens (tertiary/aromatic N) is 3. The minimum atomic E-state index is -4.20. The van der Waals surface area contributed by atoms with Crippen molar-refractivity contribution in [3.8, 4) is 11.8 Å². The van der Waals surface area contributed by atoms with Crippen LogP contribution in [0.5, 0.6) is 0 Å². The molecule has 1 heterocycles. The van der Waals surface area contributed by atoms with Gasteiger partial charge in [0.15, 0.2) is 0 Å². The molecular formula is C18H15IN6O5S-2. The third-order valence-corrected chi connectivity index (χ3v) is 5.04. The molecule has 0 fully saturated rings. The van der Waals surface area contributed by atoms with E-state index in [4.69, 9.17) is 10.4 Å². The van der Waals surface area contributed by atoms with Crippen molar-refractivity contribution < 1.29 is 42.4 Å². The van der Waals surface area contributed by atoms with E-state index in [9.17, 15) is 23.6 Å². The number of aromatic nitrogens is 2. The maximum Gasteiger partial charge on any atom is 0.240 e. The molecule has 0 aliphatic carbocycles. The number of anilines is 1. The van der Waals surface area contributed by atoms with Gasteiger partial charge in [-0.2, -0.15) is 10.4 Å². The molecule has 2 aromatic carbocycles. The lowest BCUT2D eigenvalue weighted by Gasteiger charge is -2.26. The number of benzene rings is 2. The molecule has 162 valence electrons. The van der Waals surface area contributed by atoms with E-state index in [0.717, 1.165) is 6.07 Å². The number of primary sulfonamides is 1. The fraction of sp³-hybridized carbons (Fsp3) is 0.0556. The van der Waals surface area contributed by atoms with E-state index in [1.54, 1.807) is 6.07 Å². The summed E-state index contributed by atoms with van der Waals surface area (Å²) >= 11 is 0. The Bertz CT molecular complexity index is 1250.